The van der Waals surface area contributed by atoms with E-state index in [9.17, 15) is 19.5 Å². The standard InChI is InChI=1S/C20H20N10O5S2/c1-35-27-12(9-7-37-20(23)24-9)15(31)26-13-16(32)30-14(18(33)34)8(6-36-17(13)30)5-28-2-3-29-11(28)4-10(21)25-19(29)22/h2-4,7,13,17H,5-6H2,1H3,(H7,21,22,23,24,25,26,31,33,34)/p+1/b27-12-/t13-,17-/m1/s1. The van der Waals surface area contributed by atoms with Crippen molar-refractivity contribution in [1.82, 2.24) is 24.6 Å². The first-order chi connectivity index (χ1) is 17.7. The molecule has 0 bridgehead atoms. The number of amides is 2. The highest BCUT2D eigenvalue weighted by atomic mass is 32.2. The summed E-state index contributed by atoms with van der Waals surface area (Å²) in [5, 5.41) is 17.5. The Kier molecular flexibility index (Phi) is 6.08. The number of hydrogen-bond donors (Lipinski definition) is 5. The summed E-state index contributed by atoms with van der Waals surface area (Å²) in [5.74, 6) is -1.78. The van der Waals surface area contributed by atoms with Gasteiger partial charge in [0.2, 0.25) is 0 Å². The van der Waals surface area contributed by atoms with Gasteiger partial charge in [-0.15, -0.1) is 23.1 Å². The Balaban J connectivity index is 1.39. The van der Waals surface area contributed by atoms with Crippen molar-refractivity contribution in [3.63, 3.8) is 0 Å². The fourth-order valence-corrected chi connectivity index (χ4v) is 6.06. The number of thiazole rings is 1. The summed E-state index contributed by atoms with van der Waals surface area (Å²) in [7, 11) is 1.27. The van der Waals surface area contributed by atoms with Crippen molar-refractivity contribution < 1.29 is 28.9 Å². The minimum Gasteiger partial charge on any atom is -0.477 e. The van der Waals surface area contributed by atoms with Crippen LogP contribution in [0.25, 0.3) is 5.65 Å². The van der Waals surface area contributed by atoms with Crippen LogP contribution in [0.15, 0.2) is 40.3 Å². The number of thioether (sulfide) groups is 1. The van der Waals surface area contributed by atoms with Gasteiger partial charge in [-0.1, -0.05) is 5.16 Å². The lowest BCUT2D eigenvalue weighted by Crippen LogP contribution is -2.71. The molecule has 0 aliphatic carbocycles. The SMILES string of the molecule is CO/N=C(\C(=O)N[C@@H]1C(=O)N2C(C(=O)O)=C(C[n+]3ccn4c(N)nc(N)cc43)CS[C@H]12)c1csc(N)n1. The van der Waals surface area contributed by atoms with E-state index >= 15 is 0 Å². The number of nitrogen functional groups attached to an aromatic ring is 3. The molecule has 3 aromatic rings. The molecule has 2 aliphatic rings. The number of aliphatic carboxylic acids is 1. The van der Waals surface area contributed by atoms with E-state index < -0.39 is 29.2 Å². The molecule has 0 saturated carbocycles. The topological polar surface area (TPSA) is 220 Å². The summed E-state index contributed by atoms with van der Waals surface area (Å²) in [6, 6.07) is 0.658. The molecular weight excluding hydrogens is 524 g/mol. The van der Waals surface area contributed by atoms with Gasteiger partial charge in [0, 0.05) is 16.7 Å². The largest absolute Gasteiger partial charge is 0.477 e. The Labute approximate surface area is 216 Å². The van der Waals surface area contributed by atoms with Crippen molar-refractivity contribution in [3.8, 4) is 0 Å². The van der Waals surface area contributed by atoms with Crippen LogP contribution in [0.1, 0.15) is 5.69 Å². The molecule has 1 saturated heterocycles. The maximum absolute atomic E-state index is 13.1. The van der Waals surface area contributed by atoms with Crippen LogP contribution in [0.4, 0.5) is 16.9 Å². The molecule has 37 heavy (non-hydrogen) atoms. The summed E-state index contributed by atoms with van der Waals surface area (Å²) in [5.41, 5.74) is 18.4. The third kappa shape index (κ3) is 4.16. The maximum Gasteiger partial charge on any atom is 0.352 e. The zero-order valence-electron chi connectivity index (χ0n) is 19.2. The molecule has 15 nitrogen and oxygen atoms in total. The molecule has 3 aromatic heterocycles. The number of imidazole rings is 1. The number of fused-ring (bicyclic) bond motifs is 2. The number of anilines is 3. The number of β-lactam (4-membered cyclic amide) rings is 1. The second-order valence-electron chi connectivity index (χ2n) is 8.01. The van der Waals surface area contributed by atoms with Crippen LogP contribution in [-0.2, 0) is 25.8 Å². The minimum absolute atomic E-state index is 0.126. The van der Waals surface area contributed by atoms with Gasteiger partial charge in [0.15, 0.2) is 10.8 Å². The molecule has 8 N–H and O–H groups in total. The Morgan fingerprint density at radius 2 is 2.14 bits per heavy atom. The van der Waals surface area contributed by atoms with E-state index in [-0.39, 0.29) is 40.5 Å². The van der Waals surface area contributed by atoms with Gasteiger partial charge in [-0.05, 0) is 0 Å². The van der Waals surface area contributed by atoms with E-state index in [1.807, 2.05) is 0 Å². The van der Waals surface area contributed by atoms with Crippen LogP contribution in [-0.4, -0.2) is 72.1 Å². The zero-order chi connectivity index (χ0) is 26.4. The van der Waals surface area contributed by atoms with E-state index in [1.165, 1.54) is 29.2 Å². The van der Waals surface area contributed by atoms with Gasteiger partial charge < -0.3 is 32.5 Å². The van der Waals surface area contributed by atoms with Crippen LogP contribution in [0.2, 0.25) is 0 Å². The van der Waals surface area contributed by atoms with Gasteiger partial charge in [0.05, 0.1) is 6.07 Å². The molecule has 2 aliphatic heterocycles. The number of oxime groups is 1. The lowest BCUT2D eigenvalue weighted by Gasteiger charge is -2.49. The zero-order valence-corrected chi connectivity index (χ0v) is 20.8. The monoisotopic (exact) mass is 545 g/mol. The number of carboxylic acids is 1. The normalized spacial score (nSPS) is 19.5. The third-order valence-corrected chi connectivity index (χ3v) is 7.78. The fraction of sp³-hybridized carbons (Fsp3) is 0.250. The number of nitrogens with two attached hydrogens (primary N) is 3. The van der Waals surface area contributed by atoms with E-state index in [0.29, 0.717) is 17.0 Å². The van der Waals surface area contributed by atoms with Crippen molar-refractivity contribution in [2.24, 2.45) is 5.16 Å². The number of carbonyl (C=O) groups excluding carboxylic acids is 2. The molecule has 2 amide bonds. The first-order valence-electron chi connectivity index (χ1n) is 10.7. The number of nitrogens with zero attached hydrogens (tertiary/aromatic N) is 6. The molecule has 1 fully saturated rings. The Bertz CT molecular complexity index is 1510. The van der Waals surface area contributed by atoms with E-state index in [4.69, 9.17) is 22.0 Å². The molecule has 0 unspecified atom stereocenters. The van der Waals surface area contributed by atoms with Gasteiger partial charge in [-0.25, -0.2) is 14.3 Å². The molecule has 5 heterocycles. The van der Waals surface area contributed by atoms with Crippen LogP contribution >= 0.6 is 23.1 Å². The highest BCUT2D eigenvalue weighted by molar-refractivity contribution is 8.00. The second kappa shape index (κ2) is 9.25. The fourth-order valence-electron chi connectivity index (χ4n) is 4.18. The molecule has 0 radical (unpaired) electrons. The maximum atomic E-state index is 13.1. The first-order valence-corrected chi connectivity index (χ1v) is 12.6. The second-order valence-corrected chi connectivity index (χ2v) is 10.00. The van der Waals surface area contributed by atoms with Crippen molar-refractivity contribution in [2.75, 3.05) is 30.1 Å². The van der Waals surface area contributed by atoms with Gasteiger partial charge in [-0.3, -0.25) is 14.5 Å². The molecule has 17 heteroatoms. The number of carboxylic acid groups (broad SMARTS) is 1. The van der Waals surface area contributed by atoms with Crippen LogP contribution < -0.4 is 27.1 Å². The first kappa shape index (κ1) is 24.3. The van der Waals surface area contributed by atoms with Gasteiger partial charge in [0.25, 0.3) is 23.4 Å². The highest BCUT2D eigenvalue weighted by Crippen LogP contribution is 2.40. The Morgan fingerprint density at radius 3 is 2.81 bits per heavy atom. The Hall–Kier alpha value is -4.38. The number of nitrogens with one attached hydrogen (secondary N) is 1. The average molecular weight is 546 g/mol. The van der Waals surface area contributed by atoms with Crippen molar-refractivity contribution >= 4 is 69.1 Å². The molecule has 0 aromatic carbocycles. The van der Waals surface area contributed by atoms with Crippen LogP contribution in [0.5, 0.6) is 0 Å². The lowest BCUT2D eigenvalue weighted by molar-refractivity contribution is -0.662. The van der Waals surface area contributed by atoms with E-state index in [1.54, 1.807) is 27.4 Å². The van der Waals surface area contributed by atoms with E-state index in [2.05, 4.69) is 20.4 Å². The predicted molar refractivity (Wildman–Crippen MR) is 134 cm³/mol. The Morgan fingerprint density at radius 1 is 1.35 bits per heavy atom. The van der Waals surface area contributed by atoms with E-state index in [0.717, 1.165) is 11.3 Å². The van der Waals surface area contributed by atoms with Crippen molar-refractivity contribution in [1.29, 1.82) is 0 Å². The van der Waals surface area contributed by atoms with Crippen molar-refractivity contribution in [3.05, 3.63) is 40.8 Å². The summed E-state index contributed by atoms with van der Waals surface area (Å²) >= 11 is 2.46. The highest BCUT2D eigenvalue weighted by Gasteiger charge is 2.54. The quantitative estimate of drug-likeness (QED) is 0.101. The summed E-state index contributed by atoms with van der Waals surface area (Å²) in [6.45, 7) is 0.178. The summed E-state index contributed by atoms with van der Waals surface area (Å²) in [6.07, 6.45) is 3.41. The third-order valence-electron chi connectivity index (χ3n) is 5.76. The molecule has 5 rings (SSSR count). The molecule has 0 spiro atoms. The van der Waals surface area contributed by atoms with Crippen LogP contribution in [0.3, 0.4) is 0 Å². The average Bonchev–Trinajstić information content (AvgIpc) is 3.46. The molecule has 192 valence electrons. The molecular formula is C20H21N10O5S2+. The lowest BCUT2D eigenvalue weighted by atomic mass is 10.0. The minimum atomic E-state index is -1.25. The number of carbonyl (C=O) groups is 3. The van der Waals surface area contributed by atoms with Crippen molar-refractivity contribution in [2.45, 2.75) is 18.0 Å². The predicted octanol–water partition coefficient (Wildman–Crippen LogP) is -1.39. The molecule has 2 atom stereocenters. The summed E-state index contributed by atoms with van der Waals surface area (Å²) < 4.78 is 3.38. The number of rotatable bonds is 7. The smallest absolute Gasteiger partial charge is 0.352 e. The number of hydrogen-bond acceptors (Lipinski definition) is 12. The van der Waals surface area contributed by atoms with Gasteiger partial charge in [-0.2, -0.15) is 9.38 Å². The van der Waals surface area contributed by atoms with Gasteiger partial charge >= 0.3 is 5.97 Å². The summed E-state index contributed by atoms with van der Waals surface area (Å²) in [4.78, 5) is 52.2. The number of aromatic nitrogens is 4. The van der Waals surface area contributed by atoms with Gasteiger partial charge in [0.1, 0.15) is 54.7 Å². The van der Waals surface area contributed by atoms with Crippen LogP contribution in [0, 0.1) is 0 Å².